The highest BCUT2D eigenvalue weighted by atomic mass is 32.1. The molecule has 1 nitrogen and oxygen atoms in total. The molecular weight excluding hydrogens is 166 g/mol. The molecule has 1 aliphatic carbocycles. The lowest BCUT2D eigenvalue weighted by Gasteiger charge is -2.10. The minimum absolute atomic E-state index is 0.223. The SMILES string of the molecule is CC1(C)C(N)C1(C)c1cccs1. The number of hydrogen-bond acceptors (Lipinski definition) is 2. The van der Waals surface area contributed by atoms with Gasteiger partial charge in [-0.25, -0.2) is 0 Å². The van der Waals surface area contributed by atoms with Gasteiger partial charge in [0, 0.05) is 16.3 Å². The maximum Gasteiger partial charge on any atom is 0.0241 e. The second-order valence-corrected chi connectivity index (χ2v) is 5.33. The van der Waals surface area contributed by atoms with Crippen LogP contribution in [0.3, 0.4) is 0 Å². The standard InChI is InChI=1S/C10H15NS/c1-9(2)8(11)10(9,3)7-5-4-6-12-7/h4-6,8H,11H2,1-3H3. The topological polar surface area (TPSA) is 26.0 Å². The average Bonchev–Trinajstić information content (AvgIpc) is 2.53. The van der Waals surface area contributed by atoms with Crippen molar-refractivity contribution in [1.29, 1.82) is 0 Å². The lowest BCUT2D eigenvalue weighted by atomic mass is 9.97. The summed E-state index contributed by atoms with van der Waals surface area (Å²) in [5.41, 5.74) is 6.58. The summed E-state index contributed by atoms with van der Waals surface area (Å²) in [6.45, 7) is 6.76. The van der Waals surface area contributed by atoms with Crippen molar-refractivity contribution in [2.45, 2.75) is 32.2 Å². The molecule has 1 heterocycles. The molecule has 1 fully saturated rings. The maximum atomic E-state index is 6.08. The molecule has 2 atom stereocenters. The van der Waals surface area contributed by atoms with Gasteiger partial charge in [-0.1, -0.05) is 26.8 Å². The number of hydrogen-bond donors (Lipinski definition) is 1. The summed E-state index contributed by atoms with van der Waals surface area (Å²) in [6, 6.07) is 4.62. The summed E-state index contributed by atoms with van der Waals surface area (Å²) in [6.07, 6.45) is 0. The van der Waals surface area contributed by atoms with Gasteiger partial charge in [-0.15, -0.1) is 11.3 Å². The maximum absolute atomic E-state index is 6.08. The minimum Gasteiger partial charge on any atom is -0.326 e. The van der Waals surface area contributed by atoms with Crippen molar-refractivity contribution in [3.8, 4) is 0 Å². The van der Waals surface area contributed by atoms with Crippen LogP contribution in [0.15, 0.2) is 17.5 Å². The van der Waals surface area contributed by atoms with Gasteiger partial charge < -0.3 is 5.73 Å². The summed E-state index contributed by atoms with van der Waals surface area (Å²) in [4.78, 5) is 1.43. The van der Waals surface area contributed by atoms with E-state index in [1.165, 1.54) is 4.88 Å². The van der Waals surface area contributed by atoms with Crippen LogP contribution in [0.2, 0.25) is 0 Å². The Morgan fingerprint density at radius 3 is 2.33 bits per heavy atom. The van der Waals surface area contributed by atoms with E-state index >= 15 is 0 Å². The molecule has 0 saturated heterocycles. The Balaban J connectivity index is 2.39. The lowest BCUT2D eigenvalue weighted by Crippen LogP contribution is -2.12. The molecule has 0 radical (unpaired) electrons. The van der Waals surface area contributed by atoms with Crippen LogP contribution >= 0.6 is 11.3 Å². The zero-order valence-corrected chi connectivity index (χ0v) is 8.61. The first-order chi connectivity index (χ1) is 5.51. The van der Waals surface area contributed by atoms with E-state index in [0.717, 1.165) is 0 Å². The van der Waals surface area contributed by atoms with E-state index in [-0.39, 0.29) is 10.8 Å². The second-order valence-electron chi connectivity index (χ2n) is 4.38. The zero-order valence-electron chi connectivity index (χ0n) is 7.79. The summed E-state index contributed by atoms with van der Waals surface area (Å²) in [5, 5.41) is 2.13. The molecule has 1 aromatic rings. The number of nitrogens with two attached hydrogens (primary N) is 1. The van der Waals surface area contributed by atoms with Crippen LogP contribution in [0.25, 0.3) is 0 Å². The van der Waals surface area contributed by atoms with Crippen molar-refractivity contribution in [2.75, 3.05) is 0 Å². The molecule has 0 aliphatic heterocycles. The first-order valence-corrected chi connectivity index (χ1v) is 5.19. The first-order valence-electron chi connectivity index (χ1n) is 4.31. The van der Waals surface area contributed by atoms with Crippen LogP contribution in [0.4, 0.5) is 0 Å². The third kappa shape index (κ3) is 0.723. The fraction of sp³-hybridized carbons (Fsp3) is 0.600. The molecule has 0 spiro atoms. The number of thiophene rings is 1. The van der Waals surface area contributed by atoms with Gasteiger partial charge in [0.15, 0.2) is 0 Å². The van der Waals surface area contributed by atoms with Gasteiger partial charge in [-0.3, -0.25) is 0 Å². The third-order valence-corrected chi connectivity index (χ3v) is 4.80. The monoisotopic (exact) mass is 181 g/mol. The molecule has 2 heteroatoms. The van der Waals surface area contributed by atoms with Gasteiger partial charge in [0.2, 0.25) is 0 Å². The van der Waals surface area contributed by atoms with E-state index in [4.69, 9.17) is 5.73 Å². The summed E-state index contributed by atoms with van der Waals surface area (Å²) in [7, 11) is 0. The largest absolute Gasteiger partial charge is 0.326 e. The van der Waals surface area contributed by atoms with Crippen molar-refractivity contribution in [3.05, 3.63) is 22.4 Å². The fourth-order valence-corrected chi connectivity index (χ4v) is 3.17. The highest BCUT2D eigenvalue weighted by molar-refractivity contribution is 7.10. The van der Waals surface area contributed by atoms with Gasteiger partial charge in [-0.2, -0.15) is 0 Å². The van der Waals surface area contributed by atoms with Crippen LogP contribution in [-0.4, -0.2) is 6.04 Å². The van der Waals surface area contributed by atoms with E-state index < -0.39 is 0 Å². The van der Waals surface area contributed by atoms with Crippen LogP contribution in [0.1, 0.15) is 25.6 Å². The van der Waals surface area contributed by atoms with E-state index in [9.17, 15) is 0 Å². The van der Waals surface area contributed by atoms with E-state index in [1.807, 2.05) is 11.3 Å². The number of rotatable bonds is 1. The first kappa shape index (κ1) is 8.27. The molecule has 2 rings (SSSR count). The van der Waals surface area contributed by atoms with Crippen molar-refractivity contribution in [3.63, 3.8) is 0 Å². The Morgan fingerprint density at radius 1 is 1.42 bits per heavy atom. The Bertz CT molecular complexity index is 289. The van der Waals surface area contributed by atoms with Crippen molar-refractivity contribution < 1.29 is 0 Å². The summed E-state index contributed by atoms with van der Waals surface area (Å²) in [5.74, 6) is 0. The highest BCUT2D eigenvalue weighted by Crippen LogP contribution is 2.63. The van der Waals surface area contributed by atoms with Gasteiger partial charge in [0.05, 0.1) is 0 Å². The van der Waals surface area contributed by atoms with Crippen molar-refractivity contribution in [2.24, 2.45) is 11.1 Å². The Hall–Kier alpha value is -0.340. The highest BCUT2D eigenvalue weighted by Gasteiger charge is 2.67. The minimum atomic E-state index is 0.223. The molecule has 1 aromatic heterocycles. The predicted molar refractivity (Wildman–Crippen MR) is 53.4 cm³/mol. The lowest BCUT2D eigenvalue weighted by molar-refractivity contribution is 0.531. The van der Waals surface area contributed by atoms with Gasteiger partial charge >= 0.3 is 0 Å². The Morgan fingerprint density at radius 2 is 2.00 bits per heavy atom. The van der Waals surface area contributed by atoms with Crippen LogP contribution in [0.5, 0.6) is 0 Å². The molecule has 1 saturated carbocycles. The molecule has 1 aliphatic rings. The van der Waals surface area contributed by atoms with Crippen LogP contribution in [-0.2, 0) is 5.41 Å². The smallest absolute Gasteiger partial charge is 0.0241 e. The quantitative estimate of drug-likeness (QED) is 0.707. The molecule has 0 amide bonds. The fourth-order valence-electron chi connectivity index (χ4n) is 2.07. The molecule has 66 valence electrons. The van der Waals surface area contributed by atoms with E-state index in [1.54, 1.807) is 0 Å². The van der Waals surface area contributed by atoms with Gasteiger partial charge in [0.1, 0.15) is 0 Å². The van der Waals surface area contributed by atoms with Crippen LogP contribution < -0.4 is 5.73 Å². The molecule has 0 bridgehead atoms. The normalized spacial score (nSPS) is 38.2. The van der Waals surface area contributed by atoms with Crippen LogP contribution in [0, 0.1) is 5.41 Å². The molecule has 2 N–H and O–H groups in total. The van der Waals surface area contributed by atoms with Crippen molar-refractivity contribution in [1.82, 2.24) is 0 Å². The van der Waals surface area contributed by atoms with Crippen molar-refractivity contribution >= 4 is 11.3 Å². The van der Waals surface area contributed by atoms with Gasteiger partial charge in [-0.05, 0) is 16.9 Å². The van der Waals surface area contributed by atoms with E-state index in [0.29, 0.717) is 6.04 Å². The predicted octanol–water partition coefficient (Wildman–Crippen LogP) is 2.37. The zero-order chi connectivity index (χ0) is 8.98. The summed E-state index contributed by atoms with van der Waals surface area (Å²) < 4.78 is 0. The Kier molecular flexibility index (Phi) is 1.46. The van der Waals surface area contributed by atoms with Gasteiger partial charge in [0.25, 0.3) is 0 Å². The second kappa shape index (κ2) is 2.12. The molecule has 0 aromatic carbocycles. The molecule has 2 unspecified atom stereocenters. The molecular formula is C10H15NS. The summed E-state index contributed by atoms with van der Waals surface area (Å²) >= 11 is 1.82. The third-order valence-electron chi connectivity index (χ3n) is 3.69. The van der Waals surface area contributed by atoms with E-state index in [2.05, 4.69) is 38.3 Å². The average molecular weight is 181 g/mol. The molecule has 12 heavy (non-hydrogen) atoms. The Labute approximate surface area is 77.6 Å².